The number of ether oxygens (including phenoxy) is 2. The number of hydrogen-bond acceptors (Lipinski definition) is 5. The molecule has 0 atom stereocenters. The first-order valence-corrected chi connectivity index (χ1v) is 8.40. The number of nitrogens with zero attached hydrogens (tertiary/aromatic N) is 2. The second-order valence-corrected chi connectivity index (χ2v) is 6.81. The van der Waals surface area contributed by atoms with Gasteiger partial charge in [-0.2, -0.15) is 0 Å². The molecule has 0 saturated carbocycles. The van der Waals surface area contributed by atoms with Crippen LogP contribution in [0.3, 0.4) is 0 Å². The molecule has 8 heteroatoms. The molecule has 0 unspecified atom stereocenters. The summed E-state index contributed by atoms with van der Waals surface area (Å²) in [5.74, 6) is 0.786. The van der Waals surface area contributed by atoms with Gasteiger partial charge in [0.25, 0.3) is 0 Å². The highest BCUT2D eigenvalue weighted by Crippen LogP contribution is 2.23. The molecule has 0 spiro atoms. The minimum Gasteiger partial charge on any atom is -0.381 e. The molecule has 132 valence electrons. The molecule has 1 aliphatic heterocycles. The molecule has 1 aromatic heterocycles. The molecule has 0 radical (unpaired) electrons. The van der Waals surface area contributed by atoms with Crippen molar-refractivity contribution in [1.29, 1.82) is 0 Å². The molecule has 2 heterocycles. The second-order valence-electron chi connectivity index (χ2n) is 5.52. The van der Waals surface area contributed by atoms with E-state index in [1.54, 1.807) is 25.5 Å². The molecule has 1 aromatic rings. The van der Waals surface area contributed by atoms with Crippen molar-refractivity contribution in [3.8, 4) is 0 Å². The quantitative estimate of drug-likeness (QED) is 0.406. The SMILES string of the molecule is CN=C(NCc1sc(C)nc1C)NCC1(OC)CCOCC1.I. The summed E-state index contributed by atoms with van der Waals surface area (Å²) >= 11 is 1.72. The molecule has 23 heavy (non-hydrogen) atoms. The smallest absolute Gasteiger partial charge is 0.191 e. The van der Waals surface area contributed by atoms with Gasteiger partial charge in [-0.15, -0.1) is 35.3 Å². The van der Waals surface area contributed by atoms with Gasteiger partial charge in [-0.05, 0) is 13.8 Å². The highest BCUT2D eigenvalue weighted by molar-refractivity contribution is 14.0. The van der Waals surface area contributed by atoms with Crippen molar-refractivity contribution in [1.82, 2.24) is 15.6 Å². The summed E-state index contributed by atoms with van der Waals surface area (Å²) < 4.78 is 11.1. The summed E-state index contributed by atoms with van der Waals surface area (Å²) in [5.41, 5.74) is 0.926. The average molecular weight is 454 g/mol. The van der Waals surface area contributed by atoms with Gasteiger partial charge in [0.2, 0.25) is 0 Å². The first-order valence-electron chi connectivity index (χ1n) is 7.59. The van der Waals surface area contributed by atoms with Gasteiger partial charge in [-0.1, -0.05) is 0 Å². The zero-order valence-corrected chi connectivity index (χ0v) is 17.4. The molecular weight excluding hydrogens is 427 g/mol. The Bertz CT molecular complexity index is 516. The van der Waals surface area contributed by atoms with Crippen molar-refractivity contribution >= 4 is 41.3 Å². The Hall–Kier alpha value is -0.450. The van der Waals surface area contributed by atoms with Gasteiger partial charge in [0.15, 0.2) is 5.96 Å². The number of aryl methyl sites for hydroxylation is 2. The number of nitrogens with one attached hydrogen (secondary N) is 2. The number of hydrogen-bond donors (Lipinski definition) is 2. The van der Waals surface area contributed by atoms with Gasteiger partial charge in [-0.25, -0.2) is 4.98 Å². The fraction of sp³-hybridized carbons (Fsp3) is 0.733. The van der Waals surface area contributed by atoms with Crippen molar-refractivity contribution in [3.63, 3.8) is 0 Å². The maximum atomic E-state index is 5.73. The molecular formula is C15H27IN4O2S. The molecule has 1 saturated heterocycles. The Morgan fingerprint density at radius 3 is 2.57 bits per heavy atom. The molecule has 2 rings (SSSR count). The predicted octanol–water partition coefficient (Wildman–Crippen LogP) is 2.24. The van der Waals surface area contributed by atoms with Crippen LogP contribution in [-0.2, 0) is 16.0 Å². The Labute approximate surface area is 159 Å². The number of aromatic nitrogens is 1. The van der Waals surface area contributed by atoms with Crippen LogP contribution in [0.25, 0.3) is 0 Å². The minimum absolute atomic E-state index is 0. The van der Waals surface area contributed by atoms with E-state index in [-0.39, 0.29) is 29.6 Å². The summed E-state index contributed by atoms with van der Waals surface area (Å²) in [6, 6.07) is 0. The largest absolute Gasteiger partial charge is 0.381 e. The fourth-order valence-corrected chi connectivity index (χ4v) is 3.44. The zero-order chi connectivity index (χ0) is 16.0. The van der Waals surface area contributed by atoms with Gasteiger partial charge in [0.1, 0.15) is 0 Å². The lowest BCUT2D eigenvalue weighted by atomic mass is 9.94. The first kappa shape index (κ1) is 20.6. The highest BCUT2D eigenvalue weighted by atomic mass is 127. The first-order chi connectivity index (χ1) is 10.6. The summed E-state index contributed by atoms with van der Waals surface area (Å²) in [6.07, 6.45) is 1.81. The summed E-state index contributed by atoms with van der Waals surface area (Å²) in [4.78, 5) is 9.97. The third-order valence-electron chi connectivity index (χ3n) is 4.05. The van der Waals surface area contributed by atoms with E-state index in [1.807, 2.05) is 13.8 Å². The van der Waals surface area contributed by atoms with E-state index in [0.717, 1.165) is 55.8 Å². The number of methoxy groups -OCH3 is 1. The lowest BCUT2D eigenvalue weighted by Gasteiger charge is -2.36. The van der Waals surface area contributed by atoms with Crippen LogP contribution in [0.1, 0.15) is 28.4 Å². The van der Waals surface area contributed by atoms with Crippen LogP contribution in [-0.4, -0.2) is 50.5 Å². The van der Waals surface area contributed by atoms with Crippen LogP contribution in [0.5, 0.6) is 0 Å². The lowest BCUT2D eigenvalue weighted by molar-refractivity contribution is -0.0855. The third kappa shape index (κ3) is 5.84. The summed E-state index contributed by atoms with van der Waals surface area (Å²) in [5, 5.41) is 7.81. The van der Waals surface area contributed by atoms with Crippen molar-refractivity contribution in [2.75, 3.05) is 33.9 Å². The minimum atomic E-state index is -0.160. The number of halogens is 1. The van der Waals surface area contributed by atoms with Crippen LogP contribution in [0.2, 0.25) is 0 Å². The fourth-order valence-electron chi connectivity index (χ4n) is 2.56. The monoisotopic (exact) mass is 454 g/mol. The van der Waals surface area contributed by atoms with Crippen LogP contribution in [0.4, 0.5) is 0 Å². The van der Waals surface area contributed by atoms with Crippen LogP contribution in [0.15, 0.2) is 4.99 Å². The standard InChI is InChI=1S/C15H26N4O2S.HI/c1-11-13(22-12(2)19-11)9-17-14(16-3)18-10-15(20-4)5-7-21-8-6-15;/h5-10H2,1-4H3,(H2,16,17,18);1H. The average Bonchev–Trinajstić information content (AvgIpc) is 2.86. The maximum absolute atomic E-state index is 5.73. The van der Waals surface area contributed by atoms with Crippen LogP contribution >= 0.6 is 35.3 Å². The van der Waals surface area contributed by atoms with E-state index in [2.05, 4.69) is 20.6 Å². The van der Waals surface area contributed by atoms with Crippen molar-refractivity contribution in [2.45, 2.75) is 38.8 Å². The van der Waals surface area contributed by atoms with Crippen molar-refractivity contribution in [3.05, 3.63) is 15.6 Å². The zero-order valence-electron chi connectivity index (χ0n) is 14.3. The normalized spacial score (nSPS) is 17.5. The van der Waals surface area contributed by atoms with Crippen LogP contribution in [0, 0.1) is 13.8 Å². The van der Waals surface area contributed by atoms with E-state index in [1.165, 1.54) is 4.88 Å². The topological polar surface area (TPSA) is 67.8 Å². The van der Waals surface area contributed by atoms with Gasteiger partial charge >= 0.3 is 0 Å². The van der Waals surface area contributed by atoms with E-state index < -0.39 is 0 Å². The van der Waals surface area contributed by atoms with E-state index in [0.29, 0.717) is 0 Å². The number of aliphatic imine (C=N–C) groups is 1. The molecule has 0 aromatic carbocycles. The Kier molecular flexibility index (Phi) is 8.73. The van der Waals surface area contributed by atoms with Crippen molar-refractivity contribution in [2.24, 2.45) is 4.99 Å². The lowest BCUT2D eigenvalue weighted by Crippen LogP contribution is -2.50. The highest BCUT2D eigenvalue weighted by Gasteiger charge is 2.32. The molecule has 0 amide bonds. The van der Waals surface area contributed by atoms with Gasteiger partial charge < -0.3 is 20.1 Å². The maximum Gasteiger partial charge on any atom is 0.191 e. The van der Waals surface area contributed by atoms with E-state index in [4.69, 9.17) is 9.47 Å². The van der Waals surface area contributed by atoms with Crippen molar-refractivity contribution < 1.29 is 9.47 Å². The van der Waals surface area contributed by atoms with E-state index >= 15 is 0 Å². The molecule has 0 aliphatic carbocycles. The Morgan fingerprint density at radius 2 is 2.04 bits per heavy atom. The van der Waals surface area contributed by atoms with E-state index in [9.17, 15) is 0 Å². The second kappa shape index (κ2) is 9.75. The number of rotatable bonds is 5. The Balaban J connectivity index is 0.00000264. The number of guanidine groups is 1. The molecule has 6 nitrogen and oxygen atoms in total. The van der Waals surface area contributed by atoms with Gasteiger partial charge in [0, 0.05) is 51.6 Å². The van der Waals surface area contributed by atoms with Gasteiger partial charge in [-0.3, -0.25) is 4.99 Å². The number of thiazole rings is 1. The molecule has 0 bridgehead atoms. The predicted molar refractivity (Wildman–Crippen MR) is 105 cm³/mol. The summed E-state index contributed by atoms with van der Waals surface area (Å²) in [6.45, 7) is 7.04. The van der Waals surface area contributed by atoms with Gasteiger partial charge in [0.05, 0.1) is 22.8 Å². The third-order valence-corrected chi connectivity index (χ3v) is 5.13. The molecule has 1 aliphatic rings. The summed E-state index contributed by atoms with van der Waals surface area (Å²) in [7, 11) is 3.55. The van der Waals surface area contributed by atoms with Crippen LogP contribution < -0.4 is 10.6 Å². The molecule has 1 fully saturated rings. The Morgan fingerprint density at radius 1 is 1.35 bits per heavy atom. The molecule has 2 N–H and O–H groups in total.